The number of nitro groups is 1. The van der Waals surface area contributed by atoms with Crippen molar-refractivity contribution < 1.29 is 18.8 Å². The smallest absolute Gasteiger partial charge is 0.272 e. The van der Waals surface area contributed by atoms with Gasteiger partial charge in [-0.15, -0.1) is 0 Å². The van der Waals surface area contributed by atoms with Gasteiger partial charge in [0.2, 0.25) is 5.91 Å². The molecule has 1 aromatic carbocycles. The predicted octanol–water partition coefficient (Wildman–Crippen LogP) is 1.04. The van der Waals surface area contributed by atoms with Gasteiger partial charge in [-0.3, -0.25) is 14.9 Å². The van der Waals surface area contributed by atoms with E-state index in [1.54, 1.807) is 0 Å². The Labute approximate surface area is 108 Å². The number of ether oxygens (including phenoxy) is 1. The maximum Gasteiger partial charge on any atom is 0.272 e. The molecule has 0 saturated heterocycles. The van der Waals surface area contributed by atoms with Crippen LogP contribution in [0.2, 0.25) is 0 Å². The molecule has 0 spiro atoms. The lowest BCUT2D eigenvalue weighted by Crippen LogP contribution is -2.28. The van der Waals surface area contributed by atoms with E-state index in [0.717, 1.165) is 18.2 Å². The summed E-state index contributed by atoms with van der Waals surface area (Å²) in [5.74, 6) is -1.35. The van der Waals surface area contributed by atoms with Gasteiger partial charge in [0.1, 0.15) is 0 Å². The Morgan fingerprint density at radius 1 is 1.63 bits per heavy atom. The Bertz CT molecular complexity index is 477. The molecule has 19 heavy (non-hydrogen) atoms. The maximum atomic E-state index is 13.5. The number of rotatable bonds is 6. The summed E-state index contributed by atoms with van der Waals surface area (Å²) in [6.07, 6.45) is -0.482. The molecule has 1 aromatic rings. The highest BCUT2D eigenvalue weighted by atomic mass is 19.1. The number of nitrogens with two attached hydrogens (primary N) is 1. The second kappa shape index (κ2) is 6.76. The van der Waals surface area contributed by atoms with Crippen molar-refractivity contribution in [3.63, 3.8) is 0 Å². The minimum absolute atomic E-state index is 0.0244. The molecule has 0 fully saturated rings. The number of halogens is 1. The van der Waals surface area contributed by atoms with Gasteiger partial charge in [-0.1, -0.05) is 0 Å². The molecule has 0 radical (unpaired) electrons. The molecule has 3 N–H and O–H groups in total. The van der Waals surface area contributed by atoms with Crippen molar-refractivity contribution in [1.82, 2.24) is 0 Å². The van der Waals surface area contributed by atoms with Crippen LogP contribution in [0, 0.1) is 15.9 Å². The van der Waals surface area contributed by atoms with Crippen LogP contribution >= 0.6 is 0 Å². The van der Waals surface area contributed by atoms with E-state index >= 15 is 0 Å². The summed E-state index contributed by atoms with van der Waals surface area (Å²) in [6.45, 7) is 0.159. The summed E-state index contributed by atoms with van der Waals surface area (Å²) in [5, 5.41) is 12.7. The van der Waals surface area contributed by atoms with Crippen LogP contribution in [-0.4, -0.2) is 30.6 Å². The number of nitrogens with one attached hydrogen (secondary N) is 1. The Morgan fingerprint density at radius 3 is 2.79 bits per heavy atom. The second-order valence-electron chi connectivity index (χ2n) is 3.77. The Hall–Kier alpha value is -2.06. The van der Waals surface area contributed by atoms with E-state index in [-0.39, 0.29) is 24.3 Å². The quantitative estimate of drug-likeness (QED) is 0.593. The monoisotopic (exact) mass is 271 g/mol. The lowest BCUT2D eigenvalue weighted by atomic mass is 10.2. The number of non-ortho nitro benzene ring substituents is 1. The molecule has 7 nitrogen and oxygen atoms in total. The topological polar surface area (TPSA) is 107 Å². The molecule has 8 heteroatoms. The number of methoxy groups -OCH3 is 1. The van der Waals surface area contributed by atoms with Crippen molar-refractivity contribution in [3.8, 4) is 0 Å². The Balaban J connectivity index is 2.72. The molecule has 104 valence electrons. The summed E-state index contributed by atoms with van der Waals surface area (Å²) in [5.41, 5.74) is 4.85. The van der Waals surface area contributed by atoms with E-state index in [1.807, 2.05) is 0 Å². The average molecular weight is 271 g/mol. The highest BCUT2D eigenvalue weighted by Crippen LogP contribution is 2.20. The Kier molecular flexibility index (Phi) is 5.34. The summed E-state index contributed by atoms with van der Waals surface area (Å²) in [7, 11) is 1.41. The fourth-order valence-corrected chi connectivity index (χ4v) is 1.39. The van der Waals surface area contributed by atoms with Gasteiger partial charge in [0.25, 0.3) is 5.69 Å². The number of nitrogens with zero attached hydrogens (tertiary/aromatic N) is 1. The number of carbonyl (C=O) groups is 1. The van der Waals surface area contributed by atoms with E-state index in [2.05, 4.69) is 5.32 Å². The number of hydrogen-bond acceptors (Lipinski definition) is 5. The van der Waals surface area contributed by atoms with Crippen LogP contribution in [0.1, 0.15) is 6.42 Å². The number of amides is 1. The highest BCUT2D eigenvalue weighted by molar-refractivity contribution is 5.91. The number of carbonyl (C=O) groups excluding carboxylic acids is 1. The van der Waals surface area contributed by atoms with E-state index in [9.17, 15) is 19.3 Å². The minimum atomic E-state index is -0.871. The van der Waals surface area contributed by atoms with Crippen LogP contribution < -0.4 is 11.1 Å². The van der Waals surface area contributed by atoms with Crippen LogP contribution in [0.5, 0.6) is 0 Å². The van der Waals surface area contributed by atoms with Crippen molar-refractivity contribution in [1.29, 1.82) is 0 Å². The molecule has 1 rings (SSSR count). The molecule has 0 heterocycles. The lowest BCUT2D eigenvalue weighted by Gasteiger charge is -2.12. The molecule has 0 bridgehead atoms. The highest BCUT2D eigenvalue weighted by Gasteiger charge is 2.15. The van der Waals surface area contributed by atoms with Crippen LogP contribution in [0.3, 0.4) is 0 Å². The summed E-state index contributed by atoms with van der Waals surface area (Å²) < 4.78 is 18.4. The van der Waals surface area contributed by atoms with Crippen molar-refractivity contribution in [3.05, 3.63) is 34.1 Å². The molecule has 0 saturated carbocycles. The van der Waals surface area contributed by atoms with Gasteiger partial charge < -0.3 is 15.8 Å². The van der Waals surface area contributed by atoms with Crippen LogP contribution in [0.4, 0.5) is 15.8 Å². The van der Waals surface area contributed by atoms with Crippen molar-refractivity contribution >= 4 is 17.3 Å². The average Bonchev–Trinajstić information content (AvgIpc) is 2.38. The normalized spacial score (nSPS) is 11.9. The maximum absolute atomic E-state index is 13.5. The summed E-state index contributed by atoms with van der Waals surface area (Å²) in [4.78, 5) is 21.3. The first-order valence-corrected chi connectivity index (χ1v) is 5.44. The SMILES string of the molecule is COC(CN)CC(=O)Nc1ccc([N+](=O)[O-])cc1F. The second-order valence-corrected chi connectivity index (χ2v) is 3.77. The van der Waals surface area contributed by atoms with Gasteiger partial charge in [0.05, 0.1) is 29.2 Å². The molecule has 1 unspecified atom stereocenters. The van der Waals surface area contributed by atoms with E-state index in [1.165, 1.54) is 7.11 Å². The van der Waals surface area contributed by atoms with Gasteiger partial charge in [-0.2, -0.15) is 0 Å². The Morgan fingerprint density at radius 2 is 2.32 bits per heavy atom. The molecule has 1 amide bonds. The number of benzene rings is 1. The molecule has 0 aliphatic rings. The van der Waals surface area contributed by atoms with E-state index in [0.29, 0.717) is 0 Å². The summed E-state index contributed by atoms with van der Waals surface area (Å²) in [6, 6.07) is 2.98. The van der Waals surface area contributed by atoms with Crippen LogP contribution in [-0.2, 0) is 9.53 Å². The molecule has 0 aromatic heterocycles. The molecular weight excluding hydrogens is 257 g/mol. The zero-order chi connectivity index (χ0) is 14.4. The van der Waals surface area contributed by atoms with Crippen molar-refractivity contribution in [2.24, 2.45) is 5.73 Å². The van der Waals surface area contributed by atoms with Gasteiger partial charge in [0, 0.05) is 19.7 Å². The first-order valence-electron chi connectivity index (χ1n) is 5.44. The molecule has 1 atom stereocenters. The van der Waals surface area contributed by atoms with Crippen molar-refractivity contribution in [2.75, 3.05) is 19.0 Å². The lowest BCUT2D eigenvalue weighted by molar-refractivity contribution is -0.385. The zero-order valence-corrected chi connectivity index (χ0v) is 10.3. The van der Waals surface area contributed by atoms with Crippen molar-refractivity contribution in [2.45, 2.75) is 12.5 Å². The van der Waals surface area contributed by atoms with Gasteiger partial charge >= 0.3 is 0 Å². The number of nitro benzene ring substituents is 1. The van der Waals surface area contributed by atoms with Gasteiger partial charge in [0.15, 0.2) is 5.82 Å². The van der Waals surface area contributed by atoms with Gasteiger partial charge in [-0.05, 0) is 6.07 Å². The summed E-state index contributed by atoms with van der Waals surface area (Å²) >= 11 is 0. The number of hydrogen-bond donors (Lipinski definition) is 2. The number of anilines is 1. The third kappa shape index (κ3) is 4.27. The largest absolute Gasteiger partial charge is 0.380 e. The van der Waals surface area contributed by atoms with E-state index in [4.69, 9.17) is 10.5 Å². The third-order valence-electron chi connectivity index (χ3n) is 2.45. The standard InChI is InChI=1S/C11H14FN3O4/c1-19-8(6-13)5-11(16)14-10-3-2-7(15(17)18)4-9(10)12/h2-4,8H,5-6,13H2,1H3,(H,14,16). The van der Waals surface area contributed by atoms with Gasteiger partial charge in [-0.25, -0.2) is 4.39 Å². The fourth-order valence-electron chi connectivity index (χ4n) is 1.39. The van der Waals surface area contributed by atoms with Crippen LogP contribution in [0.25, 0.3) is 0 Å². The van der Waals surface area contributed by atoms with Crippen LogP contribution in [0.15, 0.2) is 18.2 Å². The minimum Gasteiger partial charge on any atom is -0.380 e. The molecule has 0 aliphatic heterocycles. The van der Waals surface area contributed by atoms with E-state index < -0.39 is 22.8 Å². The predicted molar refractivity (Wildman–Crippen MR) is 66.2 cm³/mol. The fraction of sp³-hybridized carbons (Fsp3) is 0.364. The first-order chi connectivity index (χ1) is 8.97. The molecular formula is C11H14FN3O4. The molecule has 0 aliphatic carbocycles. The third-order valence-corrected chi connectivity index (χ3v) is 2.45. The zero-order valence-electron chi connectivity index (χ0n) is 10.3. The first kappa shape index (κ1) is 15.0.